The molecule has 0 saturated carbocycles. The summed E-state index contributed by atoms with van der Waals surface area (Å²) in [5.74, 6) is -0.796. The SMILES string of the molecule is COC(=O)[C@@H]1C(=O)C=C2c3cccc4c3c(cn4C(=O)C(C)(C)C)C[C@@H]2N1C. The van der Waals surface area contributed by atoms with Crippen LogP contribution in [0.15, 0.2) is 30.5 Å². The number of rotatable bonds is 1. The van der Waals surface area contributed by atoms with E-state index in [1.807, 2.05) is 45.2 Å². The molecule has 6 heteroatoms. The van der Waals surface area contributed by atoms with Gasteiger partial charge in [0.2, 0.25) is 5.91 Å². The minimum atomic E-state index is -0.933. The molecule has 146 valence electrons. The van der Waals surface area contributed by atoms with Gasteiger partial charge in [-0.05, 0) is 42.3 Å². The normalized spacial score (nSPS) is 22.0. The van der Waals surface area contributed by atoms with Crippen LogP contribution in [0.5, 0.6) is 0 Å². The molecule has 2 aromatic rings. The van der Waals surface area contributed by atoms with Crippen LogP contribution in [0.2, 0.25) is 0 Å². The third kappa shape index (κ3) is 2.55. The average Bonchev–Trinajstić information content (AvgIpc) is 3.01. The first-order valence-electron chi connectivity index (χ1n) is 9.38. The molecule has 28 heavy (non-hydrogen) atoms. The van der Waals surface area contributed by atoms with Crippen molar-refractivity contribution in [2.24, 2.45) is 5.41 Å². The summed E-state index contributed by atoms with van der Waals surface area (Å²) >= 11 is 0. The molecule has 2 aliphatic rings. The molecular formula is C22H24N2O4. The molecule has 0 radical (unpaired) electrons. The number of methoxy groups -OCH3 is 1. The highest BCUT2D eigenvalue weighted by Crippen LogP contribution is 2.42. The van der Waals surface area contributed by atoms with Gasteiger partial charge in [-0.3, -0.25) is 19.1 Å². The Morgan fingerprint density at radius 1 is 1.21 bits per heavy atom. The van der Waals surface area contributed by atoms with Crippen molar-refractivity contribution >= 4 is 34.1 Å². The number of benzene rings is 1. The summed E-state index contributed by atoms with van der Waals surface area (Å²) < 4.78 is 6.56. The smallest absolute Gasteiger partial charge is 0.331 e. The van der Waals surface area contributed by atoms with E-state index in [2.05, 4.69) is 0 Å². The molecule has 0 N–H and O–H groups in total. The highest BCUT2D eigenvalue weighted by atomic mass is 16.5. The minimum absolute atomic E-state index is 0.0246. The maximum Gasteiger partial charge on any atom is 0.331 e. The molecule has 0 fully saturated rings. The van der Waals surface area contributed by atoms with Crippen LogP contribution in [0.25, 0.3) is 16.5 Å². The number of carbonyl (C=O) groups is 3. The van der Waals surface area contributed by atoms with Crippen molar-refractivity contribution < 1.29 is 19.1 Å². The van der Waals surface area contributed by atoms with Gasteiger partial charge in [0.05, 0.1) is 12.6 Å². The zero-order valence-electron chi connectivity index (χ0n) is 16.8. The van der Waals surface area contributed by atoms with E-state index in [4.69, 9.17) is 4.74 Å². The van der Waals surface area contributed by atoms with E-state index >= 15 is 0 Å². The number of nitrogens with zero attached hydrogens (tertiary/aromatic N) is 2. The summed E-state index contributed by atoms with van der Waals surface area (Å²) in [6.45, 7) is 5.71. The Labute approximate surface area is 163 Å². The maximum atomic E-state index is 13.0. The lowest BCUT2D eigenvalue weighted by Gasteiger charge is -2.39. The molecule has 0 unspecified atom stereocenters. The molecule has 0 amide bonds. The molecule has 0 saturated heterocycles. The van der Waals surface area contributed by atoms with Gasteiger partial charge in [0.25, 0.3) is 0 Å². The van der Waals surface area contributed by atoms with Crippen LogP contribution in [0.1, 0.15) is 36.7 Å². The van der Waals surface area contributed by atoms with E-state index in [0.717, 1.165) is 27.6 Å². The zero-order valence-corrected chi connectivity index (χ0v) is 16.8. The molecule has 1 aliphatic heterocycles. The molecule has 6 nitrogen and oxygen atoms in total. The Balaban J connectivity index is 1.90. The first kappa shape index (κ1) is 18.6. The van der Waals surface area contributed by atoms with E-state index in [1.54, 1.807) is 22.6 Å². The second kappa shape index (κ2) is 6.14. The lowest BCUT2D eigenvalue weighted by molar-refractivity contribution is -0.150. The Morgan fingerprint density at radius 2 is 1.93 bits per heavy atom. The summed E-state index contributed by atoms with van der Waals surface area (Å²) in [6.07, 6.45) is 4.11. The second-order valence-corrected chi connectivity index (χ2v) is 8.59. The van der Waals surface area contributed by atoms with Crippen LogP contribution in [0.3, 0.4) is 0 Å². The van der Waals surface area contributed by atoms with Crippen LogP contribution < -0.4 is 0 Å². The monoisotopic (exact) mass is 380 g/mol. The Hall–Kier alpha value is -2.73. The van der Waals surface area contributed by atoms with Gasteiger partial charge in [0.15, 0.2) is 11.8 Å². The van der Waals surface area contributed by atoms with Crippen molar-refractivity contribution in [2.75, 3.05) is 14.2 Å². The largest absolute Gasteiger partial charge is 0.467 e. The second-order valence-electron chi connectivity index (χ2n) is 8.59. The number of aromatic nitrogens is 1. The summed E-state index contributed by atoms with van der Waals surface area (Å²) in [6, 6.07) is 4.78. The predicted molar refractivity (Wildman–Crippen MR) is 106 cm³/mol. The summed E-state index contributed by atoms with van der Waals surface area (Å²) in [4.78, 5) is 39.6. The van der Waals surface area contributed by atoms with Crippen LogP contribution >= 0.6 is 0 Å². The molecule has 2 atom stereocenters. The Bertz CT molecular complexity index is 1050. The molecular weight excluding hydrogens is 356 g/mol. The molecule has 4 rings (SSSR count). The lowest BCUT2D eigenvalue weighted by atomic mass is 9.80. The van der Waals surface area contributed by atoms with Crippen molar-refractivity contribution in [3.63, 3.8) is 0 Å². The van der Waals surface area contributed by atoms with Crippen LogP contribution in [-0.4, -0.2) is 53.4 Å². The fraction of sp³-hybridized carbons (Fsp3) is 0.409. The molecule has 0 spiro atoms. The fourth-order valence-electron chi connectivity index (χ4n) is 4.33. The number of carbonyl (C=O) groups excluding carboxylic acids is 3. The van der Waals surface area contributed by atoms with Gasteiger partial charge in [-0.15, -0.1) is 0 Å². The van der Waals surface area contributed by atoms with E-state index < -0.39 is 17.4 Å². The van der Waals surface area contributed by atoms with Gasteiger partial charge < -0.3 is 4.74 Å². The van der Waals surface area contributed by atoms with Gasteiger partial charge in [-0.2, -0.15) is 0 Å². The summed E-state index contributed by atoms with van der Waals surface area (Å²) in [7, 11) is 3.07. The number of esters is 1. The van der Waals surface area contributed by atoms with Gasteiger partial charge in [0, 0.05) is 23.0 Å². The van der Waals surface area contributed by atoms with Crippen molar-refractivity contribution in [3.8, 4) is 0 Å². The van der Waals surface area contributed by atoms with E-state index in [1.165, 1.54) is 7.11 Å². The standard InChI is InChI=1S/C22H24N2O4/c1-22(2,3)21(27)24-11-12-9-16-14(13-7-6-8-15(24)18(12)13)10-17(25)19(23(16)4)20(26)28-5/h6-8,10-11,16,19H,9H2,1-5H3/t16-,19-/m0/s1. The molecule has 2 heterocycles. The third-order valence-electron chi connectivity index (χ3n) is 5.74. The number of hydrogen-bond acceptors (Lipinski definition) is 5. The zero-order chi connectivity index (χ0) is 20.4. The van der Waals surface area contributed by atoms with Crippen molar-refractivity contribution in [1.82, 2.24) is 9.47 Å². The molecule has 1 aromatic carbocycles. The first-order valence-corrected chi connectivity index (χ1v) is 9.38. The number of ketones is 1. The fourth-order valence-corrected chi connectivity index (χ4v) is 4.33. The number of fused-ring (bicyclic) bond motifs is 2. The van der Waals surface area contributed by atoms with Crippen LogP contribution in [0.4, 0.5) is 0 Å². The highest BCUT2D eigenvalue weighted by Gasteiger charge is 2.43. The number of ether oxygens (including phenoxy) is 1. The maximum absolute atomic E-state index is 13.0. The van der Waals surface area contributed by atoms with E-state index in [-0.39, 0.29) is 17.7 Å². The third-order valence-corrected chi connectivity index (χ3v) is 5.74. The quantitative estimate of drug-likeness (QED) is 0.562. The predicted octanol–water partition coefficient (Wildman–Crippen LogP) is 2.69. The van der Waals surface area contributed by atoms with Crippen molar-refractivity contribution in [3.05, 3.63) is 41.6 Å². The minimum Gasteiger partial charge on any atom is -0.467 e. The Morgan fingerprint density at radius 3 is 2.57 bits per heavy atom. The van der Waals surface area contributed by atoms with Crippen molar-refractivity contribution in [2.45, 2.75) is 39.3 Å². The lowest BCUT2D eigenvalue weighted by Crippen LogP contribution is -2.54. The average molecular weight is 380 g/mol. The first-order chi connectivity index (χ1) is 13.1. The highest BCUT2D eigenvalue weighted by molar-refractivity contribution is 6.15. The van der Waals surface area contributed by atoms with E-state index in [9.17, 15) is 14.4 Å². The molecule has 1 aromatic heterocycles. The topological polar surface area (TPSA) is 68.6 Å². The summed E-state index contributed by atoms with van der Waals surface area (Å²) in [5, 5.41) is 1.01. The number of hydrogen-bond donors (Lipinski definition) is 0. The van der Waals surface area contributed by atoms with Crippen LogP contribution in [-0.2, 0) is 20.7 Å². The van der Waals surface area contributed by atoms with Gasteiger partial charge in [-0.1, -0.05) is 32.9 Å². The van der Waals surface area contributed by atoms with Gasteiger partial charge in [0.1, 0.15) is 0 Å². The molecule has 0 bridgehead atoms. The van der Waals surface area contributed by atoms with Gasteiger partial charge in [-0.25, -0.2) is 4.79 Å². The summed E-state index contributed by atoms with van der Waals surface area (Å²) in [5.41, 5.74) is 3.24. The van der Waals surface area contributed by atoms with Crippen molar-refractivity contribution in [1.29, 1.82) is 0 Å². The van der Waals surface area contributed by atoms with Crippen LogP contribution in [0, 0.1) is 5.41 Å². The van der Waals surface area contributed by atoms with Gasteiger partial charge >= 0.3 is 5.97 Å². The number of likely N-dealkylation sites (N-methyl/N-ethyl adjacent to an activating group) is 1. The Kier molecular flexibility index (Phi) is 4.08. The molecule has 1 aliphatic carbocycles. The van der Waals surface area contributed by atoms with E-state index in [0.29, 0.717) is 6.42 Å².